The van der Waals surface area contributed by atoms with Crippen LogP contribution in [0.25, 0.3) is 0 Å². The third-order valence-corrected chi connectivity index (χ3v) is 2.20. The fourth-order valence-corrected chi connectivity index (χ4v) is 1.38. The minimum absolute atomic E-state index is 0.108. The van der Waals surface area contributed by atoms with E-state index in [0.717, 1.165) is 6.07 Å². The molecule has 4 nitrogen and oxygen atoms in total. The van der Waals surface area contributed by atoms with Crippen molar-refractivity contribution < 1.29 is 9.18 Å². The molecule has 1 aromatic carbocycles. The summed E-state index contributed by atoms with van der Waals surface area (Å²) in [5.74, 6) is -1.18. The SMILES string of the molecule is O=C(Nc1ncccn1)c1cc(Cl)ccc1F. The van der Waals surface area contributed by atoms with Crippen molar-refractivity contribution in [1.29, 1.82) is 0 Å². The van der Waals surface area contributed by atoms with Crippen LogP contribution in [-0.4, -0.2) is 15.9 Å². The van der Waals surface area contributed by atoms with Gasteiger partial charge in [-0.2, -0.15) is 0 Å². The van der Waals surface area contributed by atoms with Crippen LogP contribution >= 0.6 is 11.6 Å². The molecule has 1 amide bonds. The number of hydrogen-bond acceptors (Lipinski definition) is 3. The molecule has 1 aromatic heterocycles. The van der Waals surface area contributed by atoms with Crippen LogP contribution < -0.4 is 5.32 Å². The zero-order chi connectivity index (χ0) is 12.3. The second-order valence-electron chi connectivity index (χ2n) is 3.15. The number of nitrogens with zero attached hydrogens (tertiary/aromatic N) is 2. The monoisotopic (exact) mass is 251 g/mol. The highest BCUT2D eigenvalue weighted by Crippen LogP contribution is 2.15. The molecule has 2 aromatic rings. The number of carbonyl (C=O) groups excluding carboxylic acids is 1. The molecule has 0 saturated carbocycles. The number of hydrogen-bond donors (Lipinski definition) is 1. The summed E-state index contributed by atoms with van der Waals surface area (Å²) in [6, 6.07) is 5.35. The maximum atomic E-state index is 13.4. The summed E-state index contributed by atoms with van der Waals surface area (Å²) in [5, 5.41) is 2.65. The summed E-state index contributed by atoms with van der Waals surface area (Å²) in [7, 11) is 0. The molecule has 0 unspecified atom stereocenters. The molecule has 6 heteroatoms. The van der Waals surface area contributed by atoms with E-state index in [1.165, 1.54) is 24.5 Å². The summed E-state index contributed by atoms with van der Waals surface area (Å²) in [4.78, 5) is 19.3. The van der Waals surface area contributed by atoms with E-state index in [4.69, 9.17) is 11.6 Å². The lowest BCUT2D eigenvalue weighted by Gasteiger charge is -2.04. The molecule has 17 heavy (non-hydrogen) atoms. The number of amides is 1. The van der Waals surface area contributed by atoms with Gasteiger partial charge in [0.25, 0.3) is 5.91 Å². The average molecular weight is 252 g/mol. The highest BCUT2D eigenvalue weighted by molar-refractivity contribution is 6.31. The highest BCUT2D eigenvalue weighted by Gasteiger charge is 2.13. The zero-order valence-electron chi connectivity index (χ0n) is 8.52. The summed E-state index contributed by atoms with van der Waals surface area (Å²) in [6.45, 7) is 0. The Bertz CT molecular complexity index is 548. The lowest BCUT2D eigenvalue weighted by molar-refractivity contribution is 0.102. The van der Waals surface area contributed by atoms with Crippen LogP contribution in [-0.2, 0) is 0 Å². The Morgan fingerprint density at radius 3 is 2.71 bits per heavy atom. The molecule has 1 heterocycles. The number of nitrogens with one attached hydrogen (secondary N) is 1. The minimum atomic E-state index is -0.650. The van der Waals surface area contributed by atoms with Crippen molar-refractivity contribution >= 4 is 23.5 Å². The predicted octanol–water partition coefficient (Wildman–Crippen LogP) is 2.52. The van der Waals surface area contributed by atoms with Gasteiger partial charge in [-0.3, -0.25) is 10.1 Å². The van der Waals surface area contributed by atoms with Crippen LogP contribution in [0.3, 0.4) is 0 Å². The van der Waals surface area contributed by atoms with Gasteiger partial charge in [-0.25, -0.2) is 14.4 Å². The van der Waals surface area contributed by atoms with E-state index in [2.05, 4.69) is 15.3 Å². The van der Waals surface area contributed by atoms with Gasteiger partial charge in [0.2, 0.25) is 5.95 Å². The molecule has 0 fully saturated rings. The van der Waals surface area contributed by atoms with Crippen LogP contribution in [0.5, 0.6) is 0 Å². The van der Waals surface area contributed by atoms with Gasteiger partial charge < -0.3 is 0 Å². The molecule has 0 radical (unpaired) electrons. The minimum Gasteiger partial charge on any atom is -0.290 e. The molecular formula is C11H7ClFN3O. The zero-order valence-corrected chi connectivity index (χ0v) is 9.28. The fraction of sp³-hybridized carbons (Fsp3) is 0. The van der Waals surface area contributed by atoms with E-state index in [9.17, 15) is 9.18 Å². The Morgan fingerprint density at radius 2 is 2.00 bits per heavy atom. The van der Waals surface area contributed by atoms with Crippen molar-refractivity contribution in [3.05, 3.63) is 53.1 Å². The first kappa shape index (κ1) is 11.5. The molecule has 0 aliphatic carbocycles. The van der Waals surface area contributed by atoms with Gasteiger partial charge in [-0.15, -0.1) is 0 Å². The largest absolute Gasteiger partial charge is 0.290 e. The highest BCUT2D eigenvalue weighted by atomic mass is 35.5. The van der Waals surface area contributed by atoms with E-state index in [1.807, 2.05) is 0 Å². The molecule has 1 N–H and O–H groups in total. The molecule has 0 spiro atoms. The summed E-state index contributed by atoms with van der Waals surface area (Å²) in [5.41, 5.74) is -0.148. The number of carbonyl (C=O) groups is 1. The first-order chi connectivity index (χ1) is 8.16. The Morgan fingerprint density at radius 1 is 1.29 bits per heavy atom. The van der Waals surface area contributed by atoms with Crippen LogP contribution in [0, 0.1) is 5.82 Å². The third-order valence-electron chi connectivity index (χ3n) is 1.96. The molecule has 0 atom stereocenters. The number of aromatic nitrogens is 2. The number of rotatable bonds is 2. The Labute approximate surface area is 101 Å². The smallest absolute Gasteiger partial charge is 0.261 e. The van der Waals surface area contributed by atoms with Gasteiger partial charge in [0.05, 0.1) is 5.56 Å². The van der Waals surface area contributed by atoms with Crippen molar-refractivity contribution in [1.82, 2.24) is 9.97 Å². The first-order valence-corrected chi connectivity index (χ1v) is 5.08. The lowest BCUT2D eigenvalue weighted by atomic mass is 10.2. The van der Waals surface area contributed by atoms with E-state index in [-0.39, 0.29) is 16.5 Å². The van der Waals surface area contributed by atoms with Crippen molar-refractivity contribution in [2.75, 3.05) is 5.32 Å². The topological polar surface area (TPSA) is 54.9 Å². The van der Waals surface area contributed by atoms with Crippen molar-refractivity contribution in [3.63, 3.8) is 0 Å². The van der Waals surface area contributed by atoms with E-state index < -0.39 is 11.7 Å². The van der Waals surface area contributed by atoms with Crippen LogP contribution in [0.1, 0.15) is 10.4 Å². The molecule has 86 valence electrons. The number of benzene rings is 1. The molecule has 0 aliphatic rings. The number of anilines is 1. The standard InChI is InChI=1S/C11H7ClFN3O/c12-7-2-3-9(13)8(6-7)10(17)16-11-14-4-1-5-15-11/h1-6H,(H,14,15,16,17). The summed E-state index contributed by atoms with van der Waals surface area (Å²) >= 11 is 5.69. The van der Waals surface area contributed by atoms with Gasteiger partial charge in [-0.1, -0.05) is 11.6 Å². The third kappa shape index (κ3) is 2.76. The van der Waals surface area contributed by atoms with Gasteiger partial charge >= 0.3 is 0 Å². The van der Waals surface area contributed by atoms with Gasteiger partial charge in [0.1, 0.15) is 5.82 Å². The molecule has 0 saturated heterocycles. The van der Waals surface area contributed by atoms with Gasteiger partial charge in [0, 0.05) is 17.4 Å². The van der Waals surface area contributed by atoms with Crippen LogP contribution in [0.15, 0.2) is 36.7 Å². The second kappa shape index (κ2) is 4.88. The fourth-order valence-electron chi connectivity index (χ4n) is 1.20. The molecular weight excluding hydrogens is 245 g/mol. The maximum Gasteiger partial charge on any atom is 0.261 e. The van der Waals surface area contributed by atoms with Crippen molar-refractivity contribution in [2.24, 2.45) is 0 Å². The Kier molecular flexibility index (Phi) is 3.30. The predicted molar refractivity (Wildman–Crippen MR) is 61.4 cm³/mol. The molecule has 0 aliphatic heterocycles. The summed E-state index contributed by atoms with van der Waals surface area (Å²) < 4.78 is 13.4. The Balaban J connectivity index is 2.23. The normalized spacial score (nSPS) is 10.0. The van der Waals surface area contributed by atoms with E-state index >= 15 is 0 Å². The summed E-state index contributed by atoms with van der Waals surface area (Å²) in [6.07, 6.45) is 2.94. The van der Waals surface area contributed by atoms with Gasteiger partial charge in [-0.05, 0) is 24.3 Å². The Hall–Kier alpha value is -2.01. The molecule has 0 bridgehead atoms. The quantitative estimate of drug-likeness (QED) is 0.892. The lowest BCUT2D eigenvalue weighted by Crippen LogP contribution is -2.15. The van der Waals surface area contributed by atoms with Gasteiger partial charge in [0.15, 0.2) is 0 Å². The van der Waals surface area contributed by atoms with Crippen LogP contribution in [0.4, 0.5) is 10.3 Å². The van der Waals surface area contributed by atoms with Crippen molar-refractivity contribution in [3.8, 4) is 0 Å². The molecule has 2 rings (SSSR count). The first-order valence-electron chi connectivity index (χ1n) is 4.70. The van der Waals surface area contributed by atoms with Crippen molar-refractivity contribution in [2.45, 2.75) is 0 Å². The second-order valence-corrected chi connectivity index (χ2v) is 3.59. The van der Waals surface area contributed by atoms with E-state index in [0.29, 0.717) is 0 Å². The maximum absolute atomic E-state index is 13.4. The average Bonchev–Trinajstić information content (AvgIpc) is 2.33. The van der Waals surface area contributed by atoms with E-state index in [1.54, 1.807) is 6.07 Å². The number of halogens is 2. The van der Waals surface area contributed by atoms with Crippen LogP contribution in [0.2, 0.25) is 5.02 Å².